The maximum absolute atomic E-state index is 6.07. The molecular formula is C13H23N5. The number of likely N-dealkylation sites (tertiary alicyclic amines) is 1. The van der Waals surface area contributed by atoms with Crippen molar-refractivity contribution in [2.75, 3.05) is 13.1 Å². The first-order chi connectivity index (χ1) is 8.58. The molecule has 0 aromatic carbocycles. The predicted octanol–water partition coefficient (Wildman–Crippen LogP) is 1.57. The number of hydrogen-bond donors (Lipinski definition) is 2. The molecule has 0 bridgehead atoms. The maximum Gasteiger partial charge on any atom is 0.191 e. The van der Waals surface area contributed by atoms with Gasteiger partial charge in [0.1, 0.15) is 0 Å². The Morgan fingerprint density at radius 1 is 1.56 bits per heavy atom. The first kappa shape index (κ1) is 12.9. The highest BCUT2D eigenvalue weighted by Crippen LogP contribution is 2.15. The van der Waals surface area contributed by atoms with Crippen molar-refractivity contribution >= 4 is 5.96 Å². The number of nitrogens with two attached hydrogens (primary N) is 1. The molecule has 100 valence electrons. The van der Waals surface area contributed by atoms with Gasteiger partial charge in [0, 0.05) is 24.3 Å². The third-order valence-corrected chi connectivity index (χ3v) is 3.66. The number of H-pyrrole nitrogens is 1. The highest BCUT2D eigenvalue weighted by molar-refractivity contribution is 5.78. The smallest absolute Gasteiger partial charge is 0.191 e. The largest absolute Gasteiger partial charge is 0.370 e. The monoisotopic (exact) mass is 249 g/mol. The van der Waals surface area contributed by atoms with E-state index >= 15 is 0 Å². The highest BCUT2D eigenvalue weighted by Gasteiger charge is 2.17. The van der Waals surface area contributed by atoms with Gasteiger partial charge >= 0.3 is 0 Å². The van der Waals surface area contributed by atoms with Gasteiger partial charge in [-0.3, -0.25) is 5.10 Å². The van der Waals surface area contributed by atoms with Gasteiger partial charge in [-0.2, -0.15) is 5.10 Å². The summed E-state index contributed by atoms with van der Waals surface area (Å²) in [5.41, 5.74) is 9.32. The summed E-state index contributed by atoms with van der Waals surface area (Å²) in [6, 6.07) is 0. The lowest BCUT2D eigenvalue weighted by molar-refractivity contribution is 0.270. The van der Waals surface area contributed by atoms with E-state index in [-0.39, 0.29) is 0 Å². The molecule has 18 heavy (non-hydrogen) atoms. The standard InChI is InChI=1S/C13H23N5/c1-9-5-4-6-18(8-9)13(14)15-7-12-10(2)16-17-11(12)3/h9H,4-8H2,1-3H3,(H2,14,15)(H,16,17). The minimum Gasteiger partial charge on any atom is -0.370 e. The lowest BCUT2D eigenvalue weighted by atomic mass is 10.0. The van der Waals surface area contributed by atoms with E-state index in [4.69, 9.17) is 5.73 Å². The van der Waals surface area contributed by atoms with E-state index in [0.717, 1.165) is 30.0 Å². The van der Waals surface area contributed by atoms with Crippen LogP contribution in [0.3, 0.4) is 0 Å². The molecule has 0 spiro atoms. The molecule has 1 atom stereocenters. The van der Waals surface area contributed by atoms with Crippen LogP contribution in [0, 0.1) is 19.8 Å². The Labute approximate surface area is 108 Å². The molecule has 3 N–H and O–H groups in total. The third kappa shape index (κ3) is 2.83. The maximum atomic E-state index is 6.07. The fourth-order valence-corrected chi connectivity index (χ4v) is 2.46. The Balaban J connectivity index is 2.00. The van der Waals surface area contributed by atoms with Crippen LogP contribution in [0.25, 0.3) is 0 Å². The normalized spacial score (nSPS) is 21.4. The van der Waals surface area contributed by atoms with Crippen molar-refractivity contribution in [3.05, 3.63) is 17.0 Å². The van der Waals surface area contributed by atoms with Crippen molar-refractivity contribution in [3.63, 3.8) is 0 Å². The van der Waals surface area contributed by atoms with E-state index in [1.165, 1.54) is 12.8 Å². The van der Waals surface area contributed by atoms with E-state index in [1.54, 1.807) is 0 Å². The van der Waals surface area contributed by atoms with Gasteiger partial charge in [-0.25, -0.2) is 4.99 Å². The summed E-state index contributed by atoms with van der Waals surface area (Å²) in [6.07, 6.45) is 2.50. The molecule has 0 radical (unpaired) electrons. The zero-order valence-electron chi connectivity index (χ0n) is 11.5. The summed E-state index contributed by atoms with van der Waals surface area (Å²) in [5, 5.41) is 7.14. The van der Waals surface area contributed by atoms with Gasteiger partial charge in [0.2, 0.25) is 0 Å². The molecule has 5 heteroatoms. The molecule has 1 fully saturated rings. The van der Waals surface area contributed by atoms with Gasteiger partial charge in [0.05, 0.1) is 12.2 Å². The molecule has 1 aromatic heterocycles. The van der Waals surface area contributed by atoms with Crippen LogP contribution in [0.15, 0.2) is 4.99 Å². The Morgan fingerprint density at radius 3 is 2.94 bits per heavy atom. The predicted molar refractivity (Wildman–Crippen MR) is 73.4 cm³/mol. The van der Waals surface area contributed by atoms with Crippen LogP contribution in [-0.4, -0.2) is 34.1 Å². The molecule has 1 saturated heterocycles. The molecule has 2 rings (SSSR count). The molecule has 2 heterocycles. The second-order valence-electron chi connectivity index (χ2n) is 5.28. The molecule has 1 unspecified atom stereocenters. The molecule has 0 aliphatic carbocycles. The topological polar surface area (TPSA) is 70.3 Å². The Hall–Kier alpha value is -1.52. The third-order valence-electron chi connectivity index (χ3n) is 3.66. The van der Waals surface area contributed by atoms with Crippen LogP contribution in [-0.2, 0) is 6.54 Å². The lowest BCUT2D eigenvalue weighted by Crippen LogP contribution is -2.43. The fraction of sp³-hybridized carbons (Fsp3) is 0.692. The van der Waals surface area contributed by atoms with Crippen molar-refractivity contribution in [1.29, 1.82) is 0 Å². The van der Waals surface area contributed by atoms with E-state index in [0.29, 0.717) is 18.4 Å². The second kappa shape index (κ2) is 5.42. The summed E-state index contributed by atoms with van der Waals surface area (Å²) < 4.78 is 0. The zero-order chi connectivity index (χ0) is 13.1. The van der Waals surface area contributed by atoms with Crippen molar-refractivity contribution in [3.8, 4) is 0 Å². The SMILES string of the molecule is Cc1n[nH]c(C)c1CN=C(N)N1CCCC(C)C1. The van der Waals surface area contributed by atoms with E-state index < -0.39 is 0 Å². The Kier molecular flexibility index (Phi) is 3.89. The summed E-state index contributed by atoms with van der Waals surface area (Å²) in [6.45, 7) is 8.95. The number of nitrogens with one attached hydrogen (secondary N) is 1. The summed E-state index contributed by atoms with van der Waals surface area (Å²) >= 11 is 0. The van der Waals surface area contributed by atoms with Gasteiger partial charge in [-0.05, 0) is 32.6 Å². The number of guanidine groups is 1. The fourth-order valence-electron chi connectivity index (χ4n) is 2.46. The van der Waals surface area contributed by atoms with Crippen LogP contribution in [0.5, 0.6) is 0 Å². The van der Waals surface area contributed by atoms with Gasteiger partial charge in [0.15, 0.2) is 5.96 Å². The lowest BCUT2D eigenvalue weighted by Gasteiger charge is -2.31. The van der Waals surface area contributed by atoms with Crippen LogP contribution in [0.1, 0.15) is 36.7 Å². The Morgan fingerprint density at radius 2 is 2.33 bits per heavy atom. The van der Waals surface area contributed by atoms with Gasteiger partial charge in [0.25, 0.3) is 0 Å². The molecule has 5 nitrogen and oxygen atoms in total. The van der Waals surface area contributed by atoms with Crippen LogP contribution in [0.4, 0.5) is 0 Å². The molecule has 0 amide bonds. The minimum absolute atomic E-state index is 0.616. The van der Waals surface area contributed by atoms with E-state index in [9.17, 15) is 0 Å². The number of aryl methyl sites for hydroxylation is 2. The molecule has 1 aliphatic heterocycles. The quantitative estimate of drug-likeness (QED) is 0.617. The number of aromatic amines is 1. The second-order valence-corrected chi connectivity index (χ2v) is 5.28. The van der Waals surface area contributed by atoms with Crippen molar-refractivity contribution in [2.24, 2.45) is 16.6 Å². The number of rotatable bonds is 2. The minimum atomic E-state index is 0.616. The van der Waals surface area contributed by atoms with Crippen molar-refractivity contribution < 1.29 is 0 Å². The first-order valence-corrected chi connectivity index (χ1v) is 6.63. The van der Waals surface area contributed by atoms with Gasteiger partial charge < -0.3 is 10.6 Å². The number of piperidine rings is 1. The molecule has 1 aliphatic rings. The molecule has 0 saturated carbocycles. The summed E-state index contributed by atoms with van der Waals surface area (Å²) in [7, 11) is 0. The molecular weight excluding hydrogens is 226 g/mol. The van der Waals surface area contributed by atoms with Gasteiger partial charge in [-0.15, -0.1) is 0 Å². The van der Waals surface area contributed by atoms with E-state index in [2.05, 4.69) is 27.0 Å². The van der Waals surface area contributed by atoms with Gasteiger partial charge in [-0.1, -0.05) is 6.92 Å². The number of hydrogen-bond acceptors (Lipinski definition) is 2. The summed E-state index contributed by atoms with van der Waals surface area (Å²) in [4.78, 5) is 6.70. The van der Waals surface area contributed by atoms with Crippen LogP contribution in [0.2, 0.25) is 0 Å². The highest BCUT2D eigenvalue weighted by atomic mass is 15.3. The number of aliphatic imine (C=N–C) groups is 1. The van der Waals surface area contributed by atoms with Crippen molar-refractivity contribution in [2.45, 2.75) is 40.2 Å². The first-order valence-electron chi connectivity index (χ1n) is 6.63. The zero-order valence-corrected chi connectivity index (χ0v) is 11.5. The van der Waals surface area contributed by atoms with Crippen molar-refractivity contribution in [1.82, 2.24) is 15.1 Å². The average Bonchev–Trinajstić information content (AvgIpc) is 2.66. The summed E-state index contributed by atoms with van der Waals surface area (Å²) in [5.74, 6) is 1.38. The average molecular weight is 249 g/mol. The van der Waals surface area contributed by atoms with Crippen LogP contribution < -0.4 is 5.73 Å². The van der Waals surface area contributed by atoms with E-state index in [1.807, 2.05) is 13.8 Å². The Bertz CT molecular complexity index is 415. The number of nitrogens with zero attached hydrogens (tertiary/aromatic N) is 3. The van der Waals surface area contributed by atoms with Crippen LogP contribution >= 0.6 is 0 Å². The molecule has 1 aromatic rings. The number of aromatic nitrogens is 2.